The van der Waals surface area contributed by atoms with E-state index in [1.807, 2.05) is 35.9 Å². The van der Waals surface area contributed by atoms with Crippen molar-refractivity contribution in [2.24, 2.45) is 0 Å². The SMILES string of the molecule is c1ccc(-c2ccccc2N(c2ccc(-c3ccc4c(c3)sc3c5ccncc5ccc43)cc2)c2ccc3c(c2)oc2ccccc23)cc1. The zero-order valence-electron chi connectivity index (χ0n) is 26.4. The second-order valence-electron chi connectivity index (χ2n) is 12.4. The van der Waals surface area contributed by atoms with Gasteiger partial charge in [-0.25, -0.2) is 0 Å². The van der Waals surface area contributed by atoms with Crippen molar-refractivity contribution < 1.29 is 4.42 Å². The summed E-state index contributed by atoms with van der Waals surface area (Å²) >= 11 is 1.86. The molecule has 0 bridgehead atoms. The Labute approximate surface area is 286 Å². The van der Waals surface area contributed by atoms with Crippen molar-refractivity contribution in [2.75, 3.05) is 4.90 Å². The molecule has 0 unspecified atom stereocenters. The van der Waals surface area contributed by atoms with Gasteiger partial charge in [-0.15, -0.1) is 11.3 Å². The lowest BCUT2D eigenvalue weighted by molar-refractivity contribution is 0.669. The van der Waals surface area contributed by atoms with E-state index in [2.05, 4.69) is 155 Å². The molecule has 3 nitrogen and oxygen atoms in total. The van der Waals surface area contributed by atoms with Gasteiger partial charge in [-0.2, -0.15) is 0 Å². The molecule has 0 amide bonds. The van der Waals surface area contributed by atoms with E-state index in [4.69, 9.17) is 4.42 Å². The monoisotopic (exact) mass is 644 g/mol. The third-order valence-corrected chi connectivity index (χ3v) is 10.8. The van der Waals surface area contributed by atoms with Crippen molar-refractivity contribution in [3.05, 3.63) is 170 Å². The number of rotatable bonds is 5. The molecule has 3 aromatic heterocycles. The molecule has 230 valence electrons. The van der Waals surface area contributed by atoms with Crippen LogP contribution in [-0.4, -0.2) is 4.98 Å². The van der Waals surface area contributed by atoms with Crippen LogP contribution in [0.2, 0.25) is 0 Å². The predicted molar refractivity (Wildman–Crippen MR) is 207 cm³/mol. The van der Waals surface area contributed by atoms with Crippen LogP contribution in [0.25, 0.3) is 75.1 Å². The lowest BCUT2D eigenvalue weighted by Gasteiger charge is -2.28. The molecule has 0 N–H and O–H groups in total. The molecule has 0 aliphatic carbocycles. The number of nitrogens with zero attached hydrogens (tertiary/aromatic N) is 2. The van der Waals surface area contributed by atoms with Gasteiger partial charge < -0.3 is 9.32 Å². The van der Waals surface area contributed by atoms with Gasteiger partial charge in [0.15, 0.2) is 0 Å². The molecule has 3 heterocycles. The van der Waals surface area contributed by atoms with Gasteiger partial charge in [0.25, 0.3) is 0 Å². The summed E-state index contributed by atoms with van der Waals surface area (Å²) in [6.07, 6.45) is 3.83. The minimum Gasteiger partial charge on any atom is -0.456 e. The Morgan fingerprint density at radius 1 is 0.490 bits per heavy atom. The van der Waals surface area contributed by atoms with E-state index in [-0.39, 0.29) is 0 Å². The third kappa shape index (κ3) is 4.61. The first kappa shape index (κ1) is 27.8. The smallest absolute Gasteiger partial charge is 0.137 e. The molecule has 10 rings (SSSR count). The molecule has 7 aromatic carbocycles. The van der Waals surface area contributed by atoms with Crippen LogP contribution in [0.3, 0.4) is 0 Å². The summed E-state index contributed by atoms with van der Waals surface area (Å²) in [5.74, 6) is 0. The number of thiophene rings is 1. The number of furan rings is 1. The molecule has 49 heavy (non-hydrogen) atoms. The Morgan fingerprint density at radius 2 is 1.22 bits per heavy atom. The van der Waals surface area contributed by atoms with Crippen LogP contribution in [-0.2, 0) is 0 Å². The molecular formula is C45H28N2OS. The highest BCUT2D eigenvalue weighted by atomic mass is 32.1. The number of fused-ring (bicyclic) bond motifs is 8. The number of anilines is 3. The number of hydrogen-bond acceptors (Lipinski definition) is 4. The van der Waals surface area contributed by atoms with E-state index in [0.29, 0.717) is 0 Å². The maximum absolute atomic E-state index is 6.36. The topological polar surface area (TPSA) is 29.3 Å². The van der Waals surface area contributed by atoms with Crippen molar-refractivity contribution in [3.8, 4) is 22.3 Å². The van der Waals surface area contributed by atoms with E-state index in [9.17, 15) is 0 Å². The van der Waals surface area contributed by atoms with Crippen molar-refractivity contribution in [1.29, 1.82) is 0 Å². The first-order valence-electron chi connectivity index (χ1n) is 16.4. The molecule has 4 heteroatoms. The summed E-state index contributed by atoms with van der Waals surface area (Å²) in [7, 11) is 0. The van der Waals surface area contributed by atoms with E-state index in [0.717, 1.165) is 44.6 Å². The molecule has 0 spiro atoms. The highest BCUT2D eigenvalue weighted by molar-refractivity contribution is 7.26. The summed E-state index contributed by atoms with van der Waals surface area (Å²) in [5.41, 5.74) is 9.71. The summed E-state index contributed by atoms with van der Waals surface area (Å²) in [6, 6.07) is 56.4. The molecule has 10 aromatic rings. The second kappa shape index (κ2) is 11.2. The Hall–Kier alpha value is -6.23. The highest BCUT2D eigenvalue weighted by Crippen LogP contribution is 2.44. The van der Waals surface area contributed by atoms with Gasteiger partial charge in [0, 0.05) is 77.1 Å². The van der Waals surface area contributed by atoms with Crippen LogP contribution in [0.5, 0.6) is 0 Å². The van der Waals surface area contributed by atoms with Gasteiger partial charge in [0.05, 0.1) is 5.69 Å². The average molecular weight is 645 g/mol. The van der Waals surface area contributed by atoms with E-state index < -0.39 is 0 Å². The predicted octanol–water partition coefficient (Wildman–Crippen LogP) is 13.3. The minimum atomic E-state index is 0.873. The number of benzene rings is 7. The Bertz CT molecular complexity index is 2830. The molecule has 0 atom stereocenters. The maximum atomic E-state index is 6.36. The van der Waals surface area contributed by atoms with Crippen LogP contribution >= 0.6 is 11.3 Å². The molecular weight excluding hydrogens is 617 g/mol. The number of aromatic nitrogens is 1. The summed E-state index contributed by atoms with van der Waals surface area (Å²) in [5, 5.41) is 7.28. The van der Waals surface area contributed by atoms with Crippen LogP contribution in [0, 0.1) is 0 Å². The van der Waals surface area contributed by atoms with Crippen LogP contribution in [0.4, 0.5) is 17.1 Å². The number of hydrogen-bond donors (Lipinski definition) is 0. The van der Waals surface area contributed by atoms with E-state index in [1.165, 1.54) is 47.6 Å². The van der Waals surface area contributed by atoms with Gasteiger partial charge in [0.2, 0.25) is 0 Å². The quantitative estimate of drug-likeness (QED) is 0.187. The lowest BCUT2D eigenvalue weighted by atomic mass is 10.0. The molecule has 0 radical (unpaired) electrons. The van der Waals surface area contributed by atoms with Crippen LogP contribution in [0.15, 0.2) is 175 Å². The van der Waals surface area contributed by atoms with Gasteiger partial charge in [0.1, 0.15) is 11.2 Å². The van der Waals surface area contributed by atoms with Gasteiger partial charge in [-0.1, -0.05) is 103 Å². The normalized spacial score (nSPS) is 11.7. The van der Waals surface area contributed by atoms with Gasteiger partial charge >= 0.3 is 0 Å². The van der Waals surface area contributed by atoms with Crippen molar-refractivity contribution in [1.82, 2.24) is 4.98 Å². The van der Waals surface area contributed by atoms with Crippen molar-refractivity contribution in [2.45, 2.75) is 0 Å². The molecule has 0 saturated carbocycles. The van der Waals surface area contributed by atoms with Crippen LogP contribution in [0.1, 0.15) is 0 Å². The molecule has 0 aliphatic rings. The number of pyridine rings is 1. The fourth-order valence-electron chi connectivity index (χ4n) is 7.20. The second-order valence-corrected chi connectivity index (χ2v) is 13.4. The maximum Gasteiger partial charge on any atom is 0.137 e. The van der Waals surface area contributed by atoms with Crippen LogP contribution < -0.4 is 4.90 Å². The first-order valence-corrected chi connectivity index (χ1v) is 17.3. The minimum absolute atomic E-state index is 0.873. The average Bonchev–Trinajstić information content (AvgIpc) is 3.74. The standard InChI is InChI=1S/C45H28N2OS/c1-2-8-30(9-3-1)35-10-4-6-12-41(35)47(34-20-23-38-37-11-5-7-13-42(37)48-43(38)27-34)33-18-14-29(15-19-33)31-16-21-39-40-22-17-32-28-46-25-24-36(32)45(40)49-44(39)26-31/h1-28H. The van der Waals surface area contributed by atoms with E-state index in [1.54, 1.807) is 0 Å². The van der Waals surface area contributed by atoms with Gasteiger partial charge in [-0.3, -0.25) is 4.98 Å². The molecule has 0 aliphatic heterocycles. The van der Waals surface area contributed by atoms with Gasteiger partial charge in [-0.05, 0) is 65.2 Å². The largest absolute Gasteiger partial charge is 0.456 e. The zero-order valence-corrected chi connectivity index (χ0v) is 27.2. The van der Waals surface area contributed by atoms with Crippen molar-refractivity contribution in [3.63, 3.8) is 0 Å². The summed E-state index contributed by atoms with van der Waals surface area (Å²) in [4.78, 5) is 6.67. The van der Waals surface area contributed by atoms with E-state index >= 15 is 0 Å². The Morgan fingerprint density at radius 3 is 2.14 bits per heavy atom. The highest BCUT2D eigenvalue weighted by Gasteiger charge is 2.19. The Kier molecular flexibility index (Phi) is 6.36. The zero-order chi connectivity index (χ0) is 32.3. The Balaban J connectivity index is 1.10. The molecule has 0 saturated heterocycles. The fraction of sp³-hybridized carbons (Fsp3) is 0. The first-order chi connectivity index (χ1) is 24.3. The molecule has 0 fully saturated rings. The fourth-order valence-corrected chi connectivity index (χ4v) is 8.47. The summed E-state index contributed by atoms with van der Waals surface area (Å²) < 4.78 is 8.97. The lowest BCUT2D eigenvalue weighted by Crippen LogP contribution is -2.11. The third-order valence-electron chi connectivity index (χ3n) is 9.56. The van der Waals surface area contributed by atoms with Crippen molar-refractivity contribution >= 4 is 81.3 Å². The summed E-state index contributed by atoms with van der Waals surface area (Å²) in [6.45, 7) is 0. The number of para-hydroxylation sites is 2.